The fourth-order valence-electron chi connectivity index (χ4n) is 2.73. The number of nitrogens with one attached hydrogen (secondary N) is 1. The van der Waals surface area contributed by atoms with E-state index >= 15 is 0 Å². The highest BCUT2D eigenvalue weighted by Gasteiger charge is 2.00. The van der Waals surface area contributed by atoms with Crippen molar-refractivity contribution in [3.05, 3.63) is 58.4 Å². The van der Waals surface area contributed by atoms with Crippen LogP contribution in [0, 0.1) is 0 Å². The Hall–Kier alpha value is -1.83. The minimum absolute atomic E-state index is 0.115. The summed E-state index contributed by atoms with van der Waals surface area (Å²) >= 11 is 0. The molecule has 1 aromatic carbocycles. The van der Waals surface area contributed by atoms with E-state index in [1.165, 1.54) is 38.5 Å². The third-order valence-electron chi connectivity index (χ3n) is 4.01. The number of aromatic nitrogens is 1. The number of aryl methyl sites for hydroxylation is 1. The van der Waals surface area contributed by atoms with Gasteiger partial charge in [-0.05, 0) is 37.8 Å². The second-order valence-electron chi connectivity index (χ2n) is 5.92. The summed E-state index contributed by atoms with van der Waals surface area (Å²) in [7, 11) is 0. The molecule has 1 N–H and O–H groups in total. The average Bonchev–Trinajstić information content (AvgIpc) is 2.53. The standard InChI is InChI=1S/C20H27NO/c1-2-3-4-5-6-7-8-9-10-13-17-16-20(22)18-14-11-12-15-19(18)21-17/h8-9,11-12,14-16H,2-7,10,13H2,1H3,(H,21,22). The Labute approximate surface area is 133 Å². The number of allylic oxidation sites excluding steroid dienone is 2. The lowest BCUT2D eigenvalue weighted by Crippen LogP contribution is -2.04. The van der Waals surface area contributed by atoms with E-state index in [1.807, 2.05) is 24.3 Å². The highest BCUT2D eigenvalue weighted by molar-refractivity contribution is 5.78. The van der Waals surface area contributed by atoms with E-state index in [0.29, 0.717) is 0 Å². The topological polar surface area (TPSA) is 32.9 Å². The number of para-hydroxylation sites is 1. The summed E-state index contributed by atoms with van der Waals surface area (Å²) in [6.07, 6.45) is 14.3. The smallest absolute Gasteiger partial charge is 0.189 e. The third kappa shape index (κ3) is 5.18. The van der Waals surface area contributed by atoms with E-state index in [1.54, 1.807) is 6.07 Å². The van der Waals surface area contributed by atoms with Crippen molar-refractivity contribution < 1.29 is 0 Å². The van der Waals surface area contributed by atoms with Gasteiger partial charge in [0.25, 0.3) is 0 Å². The van der Waals surface area contributed by atoms with Crippen LogP contribution in [-0.2, 0) is 6.42 Å². The van der Waals surface area contributed by atoms with Gasteiger partial charge < -0.3 is 4.98 Å². The SMILES string of the molecule is CCCCCCCC=CCCc1cc(=O)c2ccccc2[nH]1. The Morgan fingerprint density at radius 1 is 1.00 bits per heavy atom. The number of unbranched alkanes of at least 4 members (excludes halogenated alkanes) is 5. The molecule has 0 spiro atoms. The number of hydrogen-bond acceptors (Lipinski definition) is 1. The number of hydrogen-bond donors (Lipinski definition) is 1. The van der Waals surface area contributed by atoms with Gasteiger partial charge in [-0.3, -0.25) is 4.79 Å². The second-order valence-corrected chi connectivity index (χ2v) is 5.92. The van der Waals surface area contributed by atoms with E-state index in [0.717, 1.165) is 29.4 Å². The Kier molecular flexibility index (Phi) is 6.95. The molecule has 1 aromatic heterocycles. The molecule has 1 heterocycles. The van der Waals surface area contributed by atoms with Crippen molar-refractivity contribution in [3.8, 4) is 0 Å². The molecule has 0 bridgehead atoms. The number of pyridine rings is 1. The van der Waals surface area contributed by atoms with E-state index < -0.39 is 0 Å². The molecular weight excluding hydrogens is 270 g/mol. The van der Waals surface area contributed by atoms with Crippen LogP contribution in [0.4, 0.5) is 0 Å². The van der Waals surface area contributed by atoms with Crippen molar-refractivity contribution in [1.82, 2.24) is 4.98 Å². The molecule has 2 nitrogen and oxygen atoms in total. The largest absolute Gasteiger partial charge is 0.358 e. The fraction of sp³-hybridized carbons (Fsp3) is 0.450. The lowest BCUT2D eigenvalue weighted by molar-refractivity contribution is 0.637. The summed E-state index contributed by atoms with van der Waals surface area (Å²) in [6, 6.07) is 9.44. The van der Waals surface area contributed by atoms with Crippen LogP contribution >= 0.6 is 0 Å². The van der Waals surface area contributed by atoms with Gasteiger partial charge in [0.15, 0.2) is 5.43 Å². The molecule has 0 aliphatic rings. The van der Waals surface area contributed by atoms with Crippen LogP contribution in [0.3, 0.4) is 0 Å². The summed E-state index contributed by atoms with van der Waals surface area (Å²) in [6.45, 7) is 2.25. The predicted molar refractivity (Wildman–Crippen MR) is 95.4 cm³/mol. The minimum atomic E-state index is 0.115. The summed E-state index contributed by atoms with van der Waals surface area (Å²) in [5.41, 5.74) is 2.07. The Morgan fingerprint density at radius 3 is 2.64 bits per heavy atom. The maximum atomic E-state index is 12.0. The number of H-pyrrole nitrogens is 1. The van der Waals surface area contributed by atoms with E-state index in [-0.39, 0.29) is 5.43 Å². The molecular formula is C20H27NO. The van der Waals surface area contributed by atoms with Crippen LogP contribution in [0.15, 0.2) is 47.3 Å². The highest BCUT2D eigenvalue weighted by atomic mass is 16.1. The fourth-order valence-corrected chi connectivity index (χ4v) is 2.73. The highest BCUT2D eigenvalue weighted by Crippen LogP contribution is 2.09. The van der Waals surface area contributed by atoms with Gasteiger partial charge >= 0.3 is 0 Å². The number of aromatic amines is 1. The number of fused-ring (bicyclic) bond motifs is 1. The van der Waals surface area contributed by atoms with Crippen molar-refractivity contribution in [3.63, 3.8) is 0 Å². The first kappa shape index (κ1) is 16.5. The monoisotopic (exact) mass is 297 g/mol. The van der Waals surface area contributed by atoms with Crippen molar-refractivity contribution in [2.24, 2.45) is 0 Å². The first-order valence-corrected chi connectivity index (χ1v) is 8.57. The zero-order valence-electron chi connectivity index (χ0n) is 13.6. The van der Waals surface area contributed by atoms with Crippen molar-refractivity contribution in [2.75, 3.05) is 0 Å². The Balaban J connectivity index is 1.76. The van der Waals surface area contributed by atoms with Crippen LogP contribution in [-0.4, -0.2) is 4.98 Å². The molecule has 2 aromatic rings. The lowest BCUT2D eigenvalue weighted by atomic mass is 10.1. The molecule has 0 amide bonds. The molecule has 0 aliphatic heterocycles. The maximum absolute atomic E-state index is 12.0. The summed E-state index contributed by atoms with van der Waals surface area (Å²) in [5.74, 6) is 0. The summed E-state index contributed by atoms with van der Waals surface area (Å²) in [4.78, 5) is 15.4. The Bertz CT molecular complexity index is 654. The quantitative estimate of drug-likeness (QED) is 0.489. The third-order valence-corrected chi connectivity index (χ3v) is 4.01. The predicted octanol–water partition coefficient (Wildman–Crippen LogP) is 5.38. The maximum Gasteiger partial charge on any atom is 0.189 e. The molecule has 2 heteroatoms. The first-order chi connectivity index (χ1) is 10.8. The zero-order chi connectivity index (χ0) is 15.6. The lowest BCUT2D eigenvalue weighted by Gasteiger charge is -2.02. The Morgan fingerprint density at radius 2 is 1.77 bits per heavy atom. The summed E-state index contributed by atoms with van der Waals surface area (Å²) in [5, 5.41) is 0.772. The summed E-state index contributed by atoms with van der Waals surface area (Å²) < 4.78 is 0. The zero-order valence-corrected chi connectivity index (χ0v) is 13.6. The van der Waals surface area contributed by atoms with Gasteiger partial charge in [-0.25, -0.2) is 0 Å². The molecule has 0 aliphatic carbocycles. The molecule has 22 heavy (non-hydrogen) atoms. The van der Waals surface area contributed by atoms with Crippen molar-refractivity contribution in [1.29, 1.82) is 0 Å². The van der Waals surface area contributed by atoms with Crippen molar-refractivity contribution >= 4 is 10.9 Å². The minimum Gasteiger partial charge on any atom is -0.358 e. The van der Waals surface area contributed by atoms with Gasteiger partial charge in [0.05, 0.1) is 0 Å². The normalized spacial score (nSPS) is 11.5. The molecule has 0 atom stereocenters. The van der Waals surface area contributed by atoms with Gasteiger partial charge in [0.2, 0.25) is 0 Å². The first-order valence-electron chi connectivity index (χ1n) is 8.57. The van der Waals surface area contributed by atoms with Crippen LogP contribution in [0.1, 0.15) is 57.6 Å². The molecule has 0 unspecified atom stereocenters. The van der Waals surface area contributed by atoms with Crippen LogP contribution in [0.25, 0.3) is 10.9 Å². The molecule has 0 fully saturated rings. The van der Waals surface area contributed by atoms with Gasteiger partial charge in [0, 0.05) is 22.7 Å². The molecule has 0 radical (unpaired) electrons. The van der Waals surface area contributed by atoms with Crippen LogP contribution in [0.2, 0.25) is 0 Å². The van der Waals surface area contributed by atoms with Crippen molar-refractivity contribution in [2.45, 2.75) is 58.3 Å². The number of benzene rings is 1. The molecule has 0 saturated heterocycles. The van der Waals surface area contributed by atoms with Gasteiger partial charge in [-0.15, -0.1) is 0 Å². The van der Waals surface area contributed by atoms with E-state index in [4.69, 9.17) is 0 Å². The average molecular weight is 297 g/mol. The molecule has 118 valence electrons. The van der Waals surface area contributed by atoms with Crippen LogP contribution < -0.4 is 5.43 Å². The van der Waals surface area contributed by atoms with Gasteiger partial charge in [0.1, 0.15) is 0 Å². The van der Waals surface area contributed by atoms with Gasteiger partial charge in [-0.1, -0.05) is 56.9 Å². The second kappa shape index (κ2) is 9.24. The molecule has 2 rings (SSSR count). The number of rotatable bonds is 9. The molecule has 0 saturated carbocycles. The van der Waals surface area contributed by atoms with E-state index in [2.05, 4.69) is 24.1 Å². The van der Waals surface area contributed by atoms with Crippen LogP contribution in [0.5, 0.6) is 0 Å². The van der Waals surface area contributed by atoms with Gasteiger partial charge in [-0.2, -0.15) is 0 Å². The van der Waals surface area contributed by atoms with E-state index in [9.17, 15) is 4.79 Å².